The first kappa shape index (κ1) is 13.2. The molecule has 0 radical (unpaired) electrons. The Kier molecular flexibility index (Phi) is 5.51. The van der Waals surface area contributed by atoms with E-state index in [9.17, 15) is 8.78 Å². The van der Waals surface area contributed by atoms with Crippen molar-refractivity contribution in [2.75, 3.05) is 18.5 Å². The largest absolute Gasteiger partial charge is 0.394 e. The molecule has 3 nitrogen and oxygen atoms in total. The Bertz CT molecular complexity index is 325. The number of alkyl halides is 2. The van der Waals surface area contributed by atoms with E-state index in [0.29, 0.717) is 22.3 Å². The number of hydrogen-bond acceptors (Lipinski definition) is 4. The van der Waals surface area contributed by atoms with Crippen LogP contribution in [0.15, 0.2) is 29.2 Å². The minimum atomic E-state index is -2.45. The van der Waals surface area contributed by atoms with E-state index in [1.807, 2.05) is 0 Å². The summed E-state index contributed by atoms with van der Waals surface area (Å²) in [6.45, 7) is -0.155. The van der Waals surface area contributed by atoms with Gasteiger partial charge in [0.25, 0.3) is 5.76 Å². The molecular formula is C10H13F2NO2S. The smallest absolute Gasteiger partial charge is 0.288 e. The van der Waals surface area contributed by atoms with Crippen molar-refractivity contribution in [3.8, 4) is 0 Å². The highest BCUT2D eigenvalue weighted by molar-refractivity contribution is 7.99. The predicted octanol–water partition coefficient (Wildman–Crippen LogP) is 1.77. The molecule has 0 aliphatic carbocycles. The van der Waals surface area contributed by atoms with Crippen LogP contribution >= 0.6 is 11.8 Å². The van der Waals surface area contributed by atoms with Gasteiger partial charge in [-0.3, -0.25) is 0 Å². The molecule has 90 valence electrons. The van der Waals surface area contributed by atoms with Crippen LogP contribution in [0.5, 0.6) is 0 Å². The van der Waals surface area contributed by atoms with Crippen LogP contribution in [-0.4, -0.2) is 35.2 Å². The lowest BCUT2D eigenvalue weighted by atomic mass is 10.3. The Labute approximate surface area is 96.5 Å². The minimum absolute atomic E-state index is 0.180. The summed E-state index contributed by atoms with van der Waals surface area (Å²) in [6, 6.07) is 6.52. The molecule has 3 N–H and O–H groups in total. The van der Waals surface area contributed by atoms with E-state index in [0.717, 1.165) is 0 Å². The fourth-order valence-corrected chi connectivity index (χ4v) is 1.64. The number of benzene rings is 1. The van der Waals surface area contributed by atoms with Crippen molar-refractivity contribution >= 4 is 17.4 Å². The van der Waals surface area contributed by atoms with Gasteiger partial charge in [-0.15, -0.1) is 0 Å². The fraction of sp³-hybridized carbons (Fsp3) is 0.400. The number of aliphatic hydroxyl groups excluding tert-OH is 2. The van der Waals surface area contributed by atoms with Crippen molar-refractivity contribution < 1.29 is 19.0 Å². The highest BCUT2D eigenvalue weighted by Crippen LogP contribution is 2.27. The van der Waals surface area contributed by atoms with E-state index in [4.69, 9.17) is 10.2 Å². The monoisotopic (exact) mass is 249 g/mol. The summed E-state index contributed by atoms with van der Waals surface area (Å²) in [5.41, 5.74) is 0.637. The number of aliphatic hydroxyl groups is 2. The summed E-state index contributed by atoms with van der Waals surface area (Å²) in [4.78, 5) is 0.457. The third kappa shape index (κ3) is 4.78. The molecule has 0 aromatic heterocycles. The van der Waals surface area contributed by atoms with Gasteiger partial charge in [-0.1, -0.05) is 17.8 Å². The Balaban J connectivity index is 2.53. The van der Waals surface area contributed by atoms with E-state index in [1.54, 1.807) is 24.3 Å². The lowest BCUT2D eigenvalue weighted by Gasteiger charge is -2.11. The molecule has 1 rings (SSSR count). The second-order valence-electron chi connectivity index (χ2n) is 3.12. The maximum atomic E-state index is 12.1. The molecule has 0 bridgehead atoms. The number of rotatable bonds is 6. The molecule has 1 aromatic carbocycles. The van der Waals surface area contributed by atoms with Crippen LogP contribution in [0.2, 0.25) is 0 Å². The Morgan fingerprint density at radius 3 is 2.75 bits per heavy atom. The summed E-state index contributed by atoms with van der Waals surface area (Å²) in [5.74, 6) is -2.45. The van der Waals surface area contributed by atoms with Gasteiger partial charge in [-0.25, -0.2) is 0 Å². The van der Waals surface area contributed by atoms with Gasteiger partial charge >= 0.3 is 0 Å². The SMILES string of the molecule is OCC(O)CNc1cccc(SC(F)F)c1. The first-order valence-electron chi connectivity index (χ1n) is 4.69. The maximum absolute atomic E-state index is 12.1. The van der Waals surface area contributed by atoms with Crippen molar-refractivity contribution in [3.05, 3.63) is 24.3 Å². The Morgan fingerprint density at radius 2 is 2.12 bits per heavy atom. The first-order chi connectivity index (χ1) is 7.61. The summed E-state index contributed by atoms with van der Waals surface area (Å²) >= 11 is 0.467. The molecule has 1 atom stereocenters. The molecule has 0 heterocycles. The molecule has 0 saturated heterocycles. The fourth-order valence-electron chi connectivity index (χ4n) is 1.08. The average Bonchev–Trinajstić information content (AvgIpc) is 2.25. The molecule has 1 unspecified atom stereocenters. The summed E-state index contributed by atoms with van der Waals surface area (Å²) in [5, 5.41) is 20.5. The zero-order valence-electron chi connectivity index (χ0n) is 8.44. The molecule has 0 aliphatic rings. The topological polar surface area (TPSA) is 52.5 Å². The second-order valence-corrected chi connectivity index (χ2v) is 4.19. The molecule has 1 aromatic rings. The minimum Gasteiger partial charge on any atom is -0.394 e. The Morgan fingerprint density at radius 1 is 1.38 bits per heavy atom. The molecule has 6 heteroatoms. The zero-order chi connectivity index (χ0) is 12.0. The third-order valence-electron chi connectivity index (χ3n) is 1.81. The van der Waals surface area contributed by atoms with Crippen molar-refractivity contribution in [1.82, 2.24) is 0 Å². The van der Waals surface area contributed by atoms with Crippen LogP contribution in [0.3, 0.4) is 0 Å². The van der Waals surface area contributed by atoms with Crippen LogP contribution in [0.4, 0.5) is 14.5 Å². The Hall–Kier alpha value is -0.850. The maximum Gasteiger partial charge on any atom is 0.288 e. The second kappa shape index (κ2) is 6.67. The van der Waals surface area contributed by atoms with Gasteiger partial charge in [-0.05, 0) is 18.2 Å². The number of hydrogen-bond donors (Lipinski definition) is 3. The van der Waals surface area contributed by atoms with Gasteiger partial charge in [0.15, 0.2) is 0 Å². The van der Waals surface area contributed by atoms with Crippen LogP contribution in [0, 0.1) is 0 Å². The molecule has 0 amide bonds. The van der Waals surface area contributed by atoms with E-state index in [2.05, 4.69) is 5.32 Å². The zero-order valence-corrected chi connectivity index (χ0v) is 9.25. The van der Waals surface area contributed by atoms with Crippen molar-refractivity contribution in [3.63, 3.8) is 0 Å². The van der Waals surface area contributed by atoms with Gasteiger partial charge in [0.2, 0.25) is 0 Å². The van der Waals surface area contributed by atoms with Gasteiger partial charge < -0.3 is 15.5 Å². The van der Waals surface area contributed by atoms with Crippen LogP contribution in [-0.2, 0) is 0 Å². The quantitative estimate of drug-likeness (QED) is 0.672. The predicted molar refractivity (Wildman–Crippen MR) is 59.9 cm³/mol. The number of thioether (sulfide) groups is 1. The molecular weight excluding hydrogens is 236 g/mol. The molecule has 16 heavy (non-hydrogen) atoms. The van der Waals surface area contributed by atoms with Gasteiger partial charge in [0, 0.05) is 17.1 Å². The van der Waals surface area contributed by atoms with Crippen LogP contribution in [0.1, 0.15) is 0 Å². The highest BCUT2D eigenvalue weighted by atomic mass is 32.2. The number of nitrogens with one attached hydrogen (secondary N) is 1. The van der Waals surface area contributed by atoms with Gasteiger partial charge in [-0.2, -0.15) is 8.78 Å². The molecule has 0 spiro atoms. The van der Waals surface area contributed by atoms with E-state index in [-0.39, 0.29) is 13.2 Å². The summed E-state index contributed by atoms with van der Waals surface area (Å²) in [7, 11) is 0. The van der Waals surface area contributed by atoms with Crippen LogP contribution < -0.4 is 5.32 Å². The van der Waals surface area contributed by atoms with Crippen molar-refractivity contribution in [2.45, 2.75) is 16.8 Å². The lowest BCUT2D eigenvalue weighted by molar-refractivity contribution is 0.105. The van der Waals surface area contributed by atoms with Crippen molar-refractivity contribution in [2.24, 2.45) is 0 Å². The van der Waals surface area contributed by atoms with Crippen molar-refractivity contribution in [1.29, 1.82) is 0 Å². The third-order valence-corrected chi connectivity index (χ3v) is 2.52. The lowest BCUT2D eigenvalue weighted by Crippen LogP contribution is -2.22. The summed E-state index contributed by atoms with van der Waals surface area (Å²) in [6.07, 6.45) is -0.855. The average molecular weight is 249 g/mol. The molecule has 0 saturated carbocycles. The van der Waals surface area contributed by atoms with Gasteiger partial charge in [0.05, 0.1) is 12.7 Å². The van der Waals surface area contributed by atoms with E-state index in [1.165, 1.54) is 0 Å². The van der Waals surface area contributed by atoms with E-state index >= 15 is 0 Å². The molecule has 0 fully saturated rings. The van der Waals surface area contributed by atoms with E-state index < -0.39 is 11.9 Å². The first-order valence-corrected chi connectivity index (χ1v) is 5.57. The number of anilines is 1. The normalized spacial score (nSPS) is 12.8. The summed E-state index contributed by atoms with van der Waals surface area (Å²) < 4.78 is 24.2. The number of halogens is 2. The highest BCUT2D eigenvalue weighted by Gasteiger charge is 2.06. The van der Waals surface area contributed by atoms with Gasteiger partial charge in [0.1, 0.15) is 0 Å². The molecule has 0 aliphatic heterocycles. The standard InChI is InChI=1S/C10H13F2NO2S/c11-10(12)16-9-3-1-2-7(4-9)13-5-8(15)6-14/h1-4,8,10,13-15H,5-6H2. The van der Waals surface area contributed by atoms with Crippen LogP contribution in [0.25, 0.3) is 0 Å².